The van der Waals surface area contributed by atoms with Gasteiger partial charge in [-0.25, -0.2) is 4.99 Å². The average Bonchev–Trinajstić information content (AvgIpc) is 3.16. The highest BCUT2D eigenvalue weighted by Crippen LogP contribution is 2.38. The van der Waals surface area contributed by atoms with E-state index in [4.69, 9.17) is 21.1 Å². The summed E-state index contributed by atoms with van der Waals surface area (Å²) in [7, 11) is 1.48. The highest BCUT2D eigenvalue weighted by Gasteiger charge is 2.24. The number of aliphatic imine (C=N–C) groups is 1. The zero-order valence-corrected chi connectivity index (χ0v) is 20.6. The van der Waals surface area contributed by atoms with Gasteiger partial charge in [-0.1, -0.05) is 41.9 Å². The molecule has 0 aromatic heterocycles. The maximum Gasteiger partial charge on any atom is 0.264 e. The fraction of sp³-hybridized carbons (Fsp3) is 0.115. The monoisotopic (exact) mass is 507 g/mol. The first kappa shape index (κ1) is 24.4. The summed E-state index contributed by atoms with van der Waals surface area (Å²) in [6, 6.07) is 20.2. The molecule has 9 heteroatoms. The second-order valence-corrected chi connectivity index (χ2v) is 9.00. The summed E-state index contributed by atoms with van der Waals surface area (Å²) in [5.41, 5.74) is 3.10. The summed E-state index contributed by atoms with van der Waals surface area (Å²) in [4.78, 5) is 29.6. The number of para-hydroxylation sites is 1. The van der Waals surface area contributed by atoms with Crippen LogP contribution in [-0.4, -0.2) is 30.7 Å². The number of rotatable bonds is 7. The number of aryl methyl sites for hydroxylation is 1. The fourth-order valence-corrected chi connectivity index (χ4v) is 4.39. The number of carbonyl (C=O) groups excluding carboxylic acids is 2. The largest absolute Gasteiger partial charge is 0.493 e. The first-order chi connectivity index (χ1) is 16.9. The molecule has 1 heterocycles. The number of benzene rings is 3. The van der Waals surface area contributed by atoms with Crippen molar-refractivity contribution in [2.45, 2.75) is 6.92 Å². The van der Waals surface area contributed by atoms with Crippen LogP contribution in [0, 0.1) is 6.92 Å². The first-order valence-electron chi connectivity index (χ1n) is 10.6. The quantitative estimate of drug-likeness (QED) is 0.408. The number of hydrogen-bond acceptors (Lipinski definition) is 6. The van der Waals surface area contributed by atoms with Crippen LogP contribution < -0.4 is 20.1 Å². The second-order valence-electron chi connectivity index (χ2n) is 7.56. The Morgan fingerprint density at radius 3 is 2.69 bits per heavy atom. The van der Waals surface area contributed by atoms with Gasteiger partial charge in [-0.15, -0.1) is 0 Å². The first-order valence-corrected chi connectivity index (χ1v) is 11.8. The molecule has 2 amide bonds. The topological polar surface area (TPSA) is 89.0 Å². The van der Waals surface area contributed by atoms with E-state index in [1.807, 2.05) is 55.5 Å². The molecule has 7 nitrogen and oxygen atoms in total. The van der Waals surface area contributed by atoms with E-state index in [2.05, 4.69) is 15.6 Å². The third-order valence-electron chi connectivity index (χ3n) is 4.84. The molecule has 35 heavy (non-hydrogen) atoms. The van der Waals surface area contributed by atoms with Crippen molar-refractivity contribution in [2.75, 3.05) is 19.0 Å². The maximum absolute atomic E-state index is 12.4. The number of halogens is 1. The lowest BCUT2D eigenvalue weighted by molar-refractivity contribution is -0.118. The van der Waals surface area contributed by atoms with Crippen LogP contribution in [0.1, 0.15) is 11.1 Å². The molecule has 1 aliphatic heterocycles. The van der Waals surface area contributed by atoms with E-state index in [0.717, 1.165) is 11.3 Å². The number of methoxy groups -OCH3 is 1. The minimum atomic E-state index is -0.329. The molecule has 3 aromatic rings. The third kappa shape index (κ3) is 6.44. The van der Waals surface area contributed by atoms with Crippen molar-refractivity contribution >= 4 is 57.8 Å². The lowest BCUT2D eigenvalue weighted by atomic mass is 10.2. The number of hydrogen-bond donors (Lipinski definition) is 2. The van der Waals surface area contributed by atoms with Gasteiger partial charge in [-0.05, 0) is 72.3 Å². The normalized spacial score (nSPS) is 15.2. The fourth-order valence-electron chi connectivity index (χ4n) is 3.27. The Labute approximate surface area is 212 Å². The van der Waals surface area contributed by atoms with Crippen LogP contribution in [0.4, 0.5) is 11.4 Å². The van der Waals surface area contributed by atoms with E-state index in [9.17, 15) is 9.59 Å². The minimum absolute atomic E-state index is 0.241. The Kier molecular flexibility index (Phi) is 7.74. The average molecular weight is 508 g/mol. The molecule has 0 unspecified atom stereocenters. The lowest BCUT2D eigenvalue weighted by Crippen LogP contribution is -2.20. The smallest absolute Gasteiger partial charge is 0.264 e. The number of amides is 2. The summed E-state index contributed by atoms with van der Waals surface area (Å²) in [6.07, 6.45) is 1.69. The summed E-state index contributed by atoms with van der Waals surface area (Å²) in [6.45, 7) is 1.69. The second kappa shape index (κ2) is 11.1. The van der Waals surface area contributed by atoms with Gasteiger partial charge in [-0.2, -0.15) is 0 Å². The van der Waals surface area contributed by atoms with Crippen LogP contribution in [0.2, 0.25) is 5.02 Å². The van der Waals surface area contributed by atoms with Crippen molar-refractivity contribution < 1.29 is 19.1 Å². The number of ether oxygens (including phenoxy) is 2. The molecule has 0 atom stereocenters. The number of nitrogens with one attached hydrogen (secondary N) is 2. The Morgan fingerprint density at radius 1 is 1.14 bits per heavy atom. The van der Waals surface area contributed by atoms with Gasteiger partial charge in [0.05, 0.1) is 22.7 Å². The van der Waals surface area contributed by atoms with Gasteiger partial charge >= 0.3 is 0 Å². The summed E-state index contributed by atoms with van der Waals surface area (Å²) in [5, 5.41) is 6.28. The molecule has 0 saturated carbocycles. The number of nitrogens with zero attached hydrogens (tertiary/aromatic N) is 1. The standard InChI is InChI=1S/C26H22ClN3O4S/c1-16-7-6-10-19(11-16)28-23(31)15-34-24-20(27)12-17(13-21(24)33-2)14-22-25(32)30-26(35-22)29-18-8-4-3-5-9-18/h3-14H,15H2,1-2H3,(H,28,31)(H,29,30,32)/b22-14-. The van der Waals surface area contributed by atoms with Crippen molar-refractivity contribution in [3.8, 4) is 11.5 Å². The Balaban J connectivity index is 1.46. The SMILES string of the molecule is COc1cc(/C=C2\SC(=Nc3ccccc3)NC2=O)cc(Cl)c1OCC(=O)Nc1cccc(C)c1. The lowest BCUT2D eigenvalue weighted by Gasteiger charge is -2.13. The summed E-state index contributed by atoms with van der Waals surface area (Å²) < 4.78 is 11.1. The van der Waals surface area contributed by atoms with Gasteiger partial charge in [0.2, 0.25) is 0 Å². The van der Waals surface area contributed by atoms with Crippen molar-refractivity contribution in [3.63, 3.8) is 0 Å². The molecule has 178 valence electrons. The van der Waals surface area contributed by atoms with E-state index in [-0.39, 0.29) is 29.2 Å². The van der Waals surface area contributed by atoms with Crippen LogP contribution in [-0.2, 0) is 9.59 Å². The number of anilines is 1. The van der Waals surface area contributed by atoms with Crippen molar-refractivity contribution in [1.82, 2.24) is 5.32 Å². The van der Waals surface area contributed by atoms with Crippen LogP contribution in [0.3, 0.4) is 0 Å². The maximum atomic E-state index is 12.4. The molecule has 0 aliphatic carbocycles. The molecule has 2 N–H and O–H groups in total. The Morgan fingerprint density at radius 2 is 1.94 bits per heavy atom. The molecule has 1 fully saturated rings. The van der Waals surface area contributed by atoms with Gasteiger partial charge in [0, 0.05) is 5.69 Å². The zero-order valence-electron chi connectivity index (χ0n) is 19.0. The van der Waals surface area contributed by atoms with Gasteiger partial charge in [0.15, 0.2) is 23.3 Å². The van der Waals surface area contributed by atoms with Gasteiger partial charge in [0.25, 0.3) is 11.8 Å². The van der Waals surface area contributed by atoms with Gasteiger partial charge in [0.1, 0.15) is 0 Å². The molecule has 0 bridgehead atoms. The van der Waals surface area contributed by atoms with E-state index < -0.39 is 0 Å². The zero-order chi connectivity index (χ0) is 24.8. The number of thioether (sulfide) groups is 1. The van der Waals surface area contributed by atoms with Crippen LogP contribution in [0.25, 0.3) is 6.08 Å². The molecule has 0 radical (unpaired) electrons. The number of amidine groups is 1. The molecular formula is C26H22ClN3O4S. The minimum Gasteiger partial charge on any atom is -0.493 e. The molecule has 3 aromatic carbocycles. The Bertz CT molecular complexity index is 1330. The summed E-state index contributed by atoms with van der Waals surface area (Å²) >= 11 is 7.67. The number of carbonyl (C=O) groups is 2. The molecule has 4 rings (SSSR count). The molecule has 1 aliphatic rings. The van der Waals surface area contributed by atoms with E-state index in [1.54, 1.807) is 24.3 Å². The summed E-state index contributed by atoms with van der Waals surface area (Å²) in [5.74, 6) is -0.00283. The predicted octanol–water partition coefficient (Wildman–Crippen LogP) is 5.57. The molecule has 1 saturated heterocycles. The predicted molar refractivity (Wildman–Crippen MR) is 141 cm³/mol. The van der Waals surface area contributed by atoms with Gasteiger partial charge in [-0.3, -0.25) is 9.59 Å². The van der Waals surface area contributed by atoms with E-state index >= 15 is 0 Å². The third-order valence-corrected chi connectivity index (χ3v) is 6.03. The van der Waals surface area contributed by atoms with Crippen LogP contribution >= 0.6 is 23.4 Å². The van der Waals surface area contributed by atoms with Crippen LogP contribution in [0.15, 0.2) is 76.6 Å². The van der Waals surface area contributed by atoms with Crippen molar-refractivity contribution in [2.24, 2.45) is 4.99 Å². The molecule has 0 spiro atoms. The molecular weight excluding hydrogens is 486 g/mol. The highest BCUT2D eigenvalue weighted by atomic mass is 35.5. The highest BCUT2D eigenvalue weighted by molar-refractivity contribution is 8.18. The Hall–Kier alpha value is -3.75. The van der Waals surface area contributed by atoms with Crippen LogP contribution in [0.5, 0.6) is 11.5 Å². The van der Waals surface area contributed by atoms with E-state index in [0.29, 0.717) is 27.1 Å². The van der Waals surface area contributed by atoms with Gasteiger partial charge < -0.3 is 20.1 Å². The van der Waals surface area contributed by atoms with Crippen molar-refractivity contribution in [3.05, 3.63) is 87.8 Å². The van der Waals surface area contributed by atoms with E-state index in [1.165, 1.54) is 18.9 Å². The van der Waals surface area contributed by atoms with Crippen molar-refractivity contribution in [1.29, 1.82) is 0 Å².